The second-order valence-electron chi connectivity index (χ2n) is 11.2. The average Bonchev–Trinajstić information content (AvgIpc) is 3.40. The lowest BCUT2D eigenvalue weighted by molar-refractivity contribution is -0.125. The highest BCUT2D eigenvalue weighted by Gasteiger charge is 2.38. The monoisotopic (exact) mass is 608 g/mol. The van der Waals surface area contributed by atoms with Crippen LogP contribution in [0.1, 0.15) is 50.9 Å². The smallest absolute Gasteiger partial charge is 0.230 e. The molecule has 1 atom stereocenters. The Balaban J connectivity index is 1.34. The van der Waals surface area contributed by atoms with Gasteiger partial charge in [-0.15, -0.1) is 0 Å². The Bertz CT molecular complexity index is 1630. The highest BCUT2D eigenvalue weighted by molar-refractivity contribution is 6.35. The predicted molar refractivity (Wildman–Crippen MR) is 162 cm³/mol. The number of piperidine rings is 1. The van der Waals surface area contributed by atoms with Gasteiger partial charge in [0.25, 0.3) is 0 Å². The van der Waals surface area contributed by atoms with Gasteiger partial charge >= 0.3 is 0 Å². The molecule has 0 radical (unpaired) electrons. The lowest BCUT2D eigenvalue weighted by atomic mass is 9.79. The van der Waals surface area contributed by atoms with Crippen molar-refractivity contribution in [2.24, 2.45) is 5.41 Å². The van der Waals surface area contributed by atoms with Crippen LogP contribution >= 0.6 is 11.6 Å². The summed E-state index contributed by atoms with van der Waals surface area (Å²) in [6.45, 7) is 3.30. The molecule has 3 N–H and O–H groups in total. The Labute approximate surface area is 253 Å². The summed E-state index contributed by atoms with van der Waals surface area (Å²) in [5.41, 5.74) is 2.57. The number of nitrogens with one attached hydrogen (secondary N) is 2. The Kier molecular flexibility index (Phi) is 8.17. The van der Waals surface area contributed by atoms with Crippen molar-refractivity contribution in [3.05, 3.63) is 53.1 Å². The molecular formula is C30H34ClFN8O3. The van der Waals surface area contributed by atoms with Crippen LogP contribution in [-0.2, 0) is 16.1 Å². The number of aliphatic hydroxyl groups excluding tert-OH is 1. The number of carbonyl (C=O) groups excluding carboxylic acids is 1. The minimum atomic E-state index is -0.629. The van der Waals surface area contributed by atoms with Crippen LogP contribution in [0.4, 0.5) is 21.7 Å². The molecule has 4 aromatic rings. The first-order valence-corrected chi connectivity index (χ1v) is 14.9. The molecule has 2 aliphatic heterocycles. The SMILES string of the molecule is CNc1nccc(-c2nn(C3CCCCO3)c3nc(N4CCC(C)(C(=O)Nc5ccc(F)cc5)CC4)c(CO)nc23)c1Cl. The Morgan fingerprint density at radius 1 is 1.19 bits per heavy atom. The minimum absolute atomic E-state index is 0.116. The molecule has 2 saturated heterocycles. The number of rotatable bonds is 7. The van der Waals surface area contributed by atoms with Crippen molar-refractivity contribution >= 4 is 46.0 Å². The first-order valence-electron chi connectivity index (χ1n) is 14.5. The number of pyridine rings is 1. The fourth-order valence-electron chi connectivity index (χ4n) is 5.69. The van der Waals surface area contributed by atoms with E-state index in [1.807, 2.05) is 6.92 Å². The van der Waals surface area contributed by atoms with Gasteiger partial charge < -0.3 is 25.4 Å². The summed E-state index contributed by atoms with van der Waals surface area (Å²) in [5, 5.41) is 21.7. The average molecular weight is 609 g/mol. The number of nitrogens with zero attached hydrogens (tertiary/aromatic N) is 6. The first kappa shape index (κ1) is 29.2. The van der Waals surface area contributed by atoms with Crippen molar-refractivity contribution in [2.75, 3.05) is 42.3 Å². The molecule has 1 unspecified atom stereocenters. The van der Waals surface area contributed by atoms with Crippen molar-refractivity contribution in [3.63, 3.8) is 0 Å². The molecule has 2 fully saturated rings. The Morgan fingerprint density at radius 3 is 2.63 bits per heavy atom. The molecule has 0 bridgehead atoms. The van der Waals surface area contributed by atoms with Crippen LogP contribution in [0.2, 0.25) is 5.02 Å². The second-order valence-corrected chi connectivity index (χ2v) is 11.6. The number of amides is 1. The number of anilines is 3. The maximum absolute atomic E-state index is 13.3. The van der Waals surface area contributed by atoms with E-state index in [0.717, 1.165) is 19.3 Å². The lowest BCUT2D eigenvalue weighted by Gasteiger charge is -2.39. The van der Waals surface area contributed by atoms with Crippen LogP contribution < -0.4 is 15.5 Å². The Hall–Kier alpha value is -3.87. The van der Waals surface area contributed by atoms with Crippen molar-refractivity contribution in [3.8, 4) is 11.3 Å². The fraction of sp³-hybridized carbons (Fsp3) is 0.433. The molecular weight excluding hydrogens is 575 g/mol. The molecule has 2 aliphatic rings. The highest BCUT2D eigenvalue weighted by atomic mass is 35.5. The predicted octanol–water partition coefficient (Wildman–Crippen LogP) is 5.16. The van der Waals surface area contributed by atoms with E-state index in [1.165, 1.54) is 12.1 Å². The van der Waals surface area contributed by atoms with Crippen molar-refractivity contribution in [1.29, 1.82) is 0 Å². The normalized spacial score (nSPS) is 18.5. The minimum Gasteiger partial charge on any atom is -0.390 e. The summed E-state index contributed by atoms with van der Waals surface area (Å²) < 4.78 is 21.2. The highest BCUT2D eigenvalue weighted by Crippen LogP contribution is 2.39. The molecule has 6 rings (SSSR count). The van der Waals surface area contributed by atoms with Crippen LogP contribution in [0.15, 0.2) is 36.5 Å². The van der Waals surface area contributed by atoms with Gasteiger partial charge in [0.05, 0.1) is 17.0 Å². The maximum atomic E-state index is 13.3. The van der Waals surface area contributed by atoms with Crippen LogP contribution in [0, 0.1) is 11.2 Å². The number of hydrogen-bond acceptors (Lipinski definition) is 9. The molecule has 1 amide bonds. The molecule has 0 aliphatic carbocycles. The van der Waals surface area contributed by atoms with E-state index < -0.39 is 5.41 Å². The summed E-state index contributed by atoms with van der Waals surface area (Å²) in [4.78, 5) is 29.5. The van der Waals surface area contributed by atoms with Gasteiger partial charge in [-0.3, -0.25) is 4.79 Å². The molecule has 5 heterocycles. The molecule has 0 spiro atoms. The summed E-state index contributed by atoms with van der Waals surface area (Å²) >= 11 is 6.72. The number of fused-ring (bicyclic) bond motifs is 1. The topological polar surface area (TPSA) is 130 Å². The third-order valence-electron chi connectivity index (χ3n) is 8.35. The first-order chi connectivity index (χ1) is 20.8. The molecule has 226 valence electrons. The number of aromatic nitrogens is 5. The van der Waals surface area contributed by atoms with Gasteiger partial charge in [-0.1, -0.05) is 18.5 Å². The van der Waals surface area contributed by atoms with E-state index in [9.17, 15) is 14.3 Å². The number of halogens is 2. The third-order valence-corrected chi connectivity index (χ3v) is 8.74. The number of benzene rings is 1. The largest absolute Gasteiger partial charge is 0.390 e. The number of ether oxygens (including phenoxy) is 1. The number of carbonyl (C=O) groups is 1. The molecule has 13 heteroatoms. The van der Waals surface area contributed by atoms with Crippen molar-refractivity contribution < 1.29 is 19.0 Å². The van der Waals surface area contributed by atoms with Crippen molar-refractivity contribution in [1.82, 2.24) is 24.7 Å². The quantitative estimate of drug-likeness (QED) is 0.260. The van der Waals surface area contributed by atoms with Crippen LogP contribution in [0.3, 0.4) is 0 Å². The lowest BCUT2D eigenvalue weighted by Crippen LogP contribution is -2.45. The number of aliphatic hydroxyl groups is 1. The van der Waals surface area contributed by atoms with Gasteiger partial charge in [-0.2, -0.15) is 5.10 Å². The van der Waals surface area contributed by atoms with Crippen LogP contribution in [-0.4, -0.2) is 62.5 Å². The van der Waals surface area contributed by atoms with Gasteiger partial charge in [0.1, 0.15) is 28.5 Å². The zero-order valence-corrected chi connectivity index (χ0v) is 24.9. The maximum Gasteiger partial charge on any atom is 0.230 e. The Morgan fingerprint density at radius 2 is 1.95 bits per heavy atom. The van der Waals surface area contributed by atoms with E-state index in [1.54, 1.807) is 36.1 Å². The van der Waals surface area contributed by atoms with Crippen LogP contribution in [0.25, 0.3) is 22.4 Å². The zero-order chi connectivity index (χ0) is 30.1. The van der Waals surface area contributed by atoms with E-state index >= 15 is 0 Å². The number of hydrogen-bond donors (Lipinski definition) is 3. The van der Waals surface area contributed by atoms with E-state index in [4.69, 9.17) is 31.4 Å². The second kappa shape index (κ2) is 12.0. The van der Waals surface area contributed by atoms with Gasteiger partial charge in [-0.25, -0.2) is 24.0 Å². The van der Waals surface area contributed by atoms with E-state index in [-0.39, 0.29) is 24.6 Å². The molecule has 11 nitrogen and oxygen atoms in total. The van der Waals surface area contributed by atoms with E-state index in [0.29, 0.717) is 83.0 Å². The third kappa shape index (κ3) is 5.62. The summed E-state index contributed by atoms with van der Waals surface area (Å²) in [6.07, 6.45) is 5.22. The standard InChI is InChI=1S/C30H34ClFN8O3/c1-30(29(42)35-19-8-6-18(32)7-9-19)11-14-39(15-12-30)27-21(17-41)36-25-24(20-10-13-34-26(33-2)23(20)31)38-40(28(25)37-27)22-5-3-4-16-43-22/h6-10,13,22,41H,3-5,11-12,14-17H2,1-2H3,(H,33,34)(H,35,42). The molecule has 3 aromatic heterocycles. The summed E-state index contributed by atoms with van der Waals surface area (Å²) in [6, 6.07) is 7.53. The zero-order valence-electron chi connectivity index (χ0n) is 24.1. The van der Waals surface area contributed by atoms with E-state index in [2.05, 4.69) is 20.5 Å². The van der Waals surface area contributed by atoms with Gasteiger partial charge in [0, 0.05) is 44.2 Å². The van der Waals surface area contributed by atoms with Gasteiger partial charge in [0.2, 0.25) is 5.91 Å². The van der Waals surface area contributed by atoms with Crippen molar-refractivity contribution in [2.45, 2.75) is 51.9 Å². The summed E-state index contributed by atoms with van der Waals surface area (Å²) in [7, 11) is 1.75. The van der Waals surface area contributed by atoms with Gasteiger partial charge in [0.15, 0.2) is 17.7 Å². The van der Waals surface area contributed by atoms with Crippen LogP contribution in [0.5, 0.6) is 0 Å². The molecule has 0 saturated carbocycles. The molecule has 1 aromatic carbocycles. The fourth-order valence-corrected chi connectivity index (χ4v) is 5.98. The summed E-state index contributed by atoms with van der Waals surface area (Å²) in [5.74, 6) is 0.596. The van der Waals surface area contributed by atoms with Gasteiger partial charge in [-0.05, 0) is 62.4 Å². The molecule has 43 heavy (non-hydrogen) atoms.